The van der Waals surface area contributed by atoms with E-state index in [-0.39, 0.29) is 18.4 Å². The highest BCUT2D eigenvalue weighted by atomic mass is 16.3. The summed E-state index contributed by atoms with van der Waals surface area (Å²) in [5, 5.41) is 12.0. The normalized spacial score (nSPS) is 18.8. The van der Waals surface area contributed by atoms with Crippen LogP contribution in [0.2, 0.25) is 0 Å². The molecular formula is C15H28N2O3. The molecule has 2 amide bonds. The molecule has 1 unspecified atom stereocenters. The number of hydrogen-bond acceptors (Lipinski definition) is 3. The van der Waals surface area contributed by atoms with Crippen LogP contribution in [0, 0.1) is 11.3 Å². The zero-order valence-corrected chi connectivity index (χ0v) is 13.1. The molecule has 5 heteroatoms. The van der Waals surface area contributed by atoms with Crippen LogP contribution in [0.15, 0.2) is 0 Å². The van der Waals surface area contributed by atoms with Crippen molar-refractivity contribution in [2.45, 2.75) is 53.0 Å². The predicted molar refractivity (Wildman–Crippen MR) is 78.1 cm³/mol. The van der Waals surface area contributed by atoms with Crippen LogP contribution in [0.25, 0.3) is 0 Å². The molecule has 0 bridgehead atoms. The lowest BCUT2D eigenvalue weighted by atomic mass is 9.93. The van der Waals surface area contributed by atoms with Gasteiger partial charge in [-0.2, -0.15) is 0 Å². The molecule has 1 atom stereocenters. The molecule has 116 valence electrons. The highest BCUT2D eigenvalue weighted by molar-refractivity contribution is 5.89. The van der Waals surface area contributed by atoms with E-state index in [9.17, 15) is 14.7 Å². The molecule has 1 fully saturated rings. The number of amides is 2. The number of likely N-dealkylation sites (tertiary alicyclic amines) is 1. The van der Waals surface area contributed by atoms with Crippen LogP contribution in [-0.2, 0) is 9.59 Å². The number of rotatable bonds is 4. The van der Waals surface area contributed by atoms with E-state index in [1.807, 2.05) is 0 Å². The standard InChI is InChI=1S/C15H28N2O3/c1-5-11-6-8-17(9-7-11)13(19)12(10-18)16-14(20)15(2,3)4/h11-12,18H,5-10H2,1-4H3,(H,16,20). The summed E-state index contributed by atoms with van der Waals surface area (Å²) in [5.41, 5.74) is -0.567. The molecule has 1 heterocycles. The van der Waals surface area contributed by atoms with Gasteiger partial charge in [0.1, 0.15) is 6.04 Å². The van der Waals surface area contributed by atoms with Gasteiger partial charge in [-0.1, -0.05) is 34.1 Å². The Balaban J connectivity index is 2.57. The maximum atomic E-state index is 12.3. The number of aliphatic hydroxyl groups excluding tert-OH is 1. The van der Waals surface area contributed by atoms with Crippen LogP contribution in [0.3, 0.4) is 0 Å². The zero-order valence-electron chi connectivity index (χ0n) is 13.1. The number of piperidine rings is 1. The molecule has 1 aliphatic heterocycles. The van der Waals surface area contributed by atoms with Gasteiger partial charge in [-0.25, -0.2) is 0 Å². The number of carbonyl (C=O) groups excluding carboxylic acids is 2. The molecule has 0 saturated carbocycles. The van der Waals surface area contributed by atoms with Crippen molar-refractivity contribution in [3.05, 3.63) is 0 Å². The van der Waals surface area contributed by atoms with E-state index in [4.69, 9.17) is 0 Å². The van der Waals surface area contributed by atoms with Crippen LogP contribution in [0.1, 0.15) is 47.0 Å². The zero-order chi connectivity index (χ0) is 15.3. The van der Waals surface area contributed by atoms with Gasteiger partial charge in [-0.15, -0.1) is 0 Å². The SMILES string of the molecule is CCC1CCN(C(=O)C(CO)NC(=O)C(C)(C)C)CC1. The van der Waals surface area contributed by atoms with Crippen molar-refractivity contribution in [2.24, 2.45) is 11.3 Å². The second-order valence-electron chi connectivity index (χ2n) is 6.64. The molecule has 0 spiro atoms. The third-order valence-corrected chi connectivity index (χ3v) is 3.97. The number of carbonyl (C=O) groups is 2. The summed E-state index contributed by atoms with van der Waals surface area (Å²) in [5.74, 6) is 0.309. The minimum atomic E-state index is -0.820. The van der Waals surface area contributed by atoms with E-state index in [2.05, 4.69) is 12.2 Å². The minimum Gasteiger partial charge on any atom is -0.394 e. The maximum Gasteiger partial charge on any atom is 0.247 e. The third kappa shape index (κ3) is 4.47. The molecule has 1 rings (SSSR count). The largest absolute Gasteiger partial charge is 0.394 e. The van der Waals surface area contributed by atoms with Gasteiger partial charge in [0.15, 0.2) is 0 Å². The lowest BCUT2D eigenvalue weighted by molar-refractivity contribution is -0.140. The summed E-state index contributed by atoms with van der Waals surface area (Å²) < 4.78 is 0. The summed E-state index contributed by atoms with van der Waals surface area (Å²) >= 11 is 0. The van der Waals surface area contributed by atoms with Crippen molar-refractivity contribution >= 4 is 11.8 Å². The Morgan fingerprint density at radius 3 is 2.25 bits per heavy atom. The van der Waals surface area contributed by atoms with Crippen molar-refractivity contribution in [2.75, 3.05) is 19.7 Å². The molecule has 0 radical (unpaired) electrons. The van der Waals surface area contributed by atoms with Gasteiger partial charge in [0.25, 0.3) is 0 Å². The minimum absolute atomic E-state index is 0.167. The third-order valence-electron chi connectivity index (χ3n) is 3.97. The van der Waals surface area contributed by atoms with Crippen molar-refractivity contribution in [3.63, 3.8) is 0 Å². The maximum absolute atomic E-state index is 12.3. The van der Waals surface area contributed by atoms with Crippen LogP contribution in [-0.4, -0.2) is 47.6 Å². The molecule has 5 nitrogen and oxygen atoms in total. The van der Waals surface area contributed by atoms with Crippen molar-refractivity contribution < 1.29 is 14.7 Å². The lowest BCUT2D eigenvalue weighted by Gasteiger charge is -2.34. The average molecular weight is 284 g/mol. The van der Waals surface area contributed by atoms with Gasteiger partial charge in [0.05, 0.1) is 6.61 Å². The first kappa shape index (κ1) is 17.0. The van der Waals surface area contributed by atoms with Gasteiger partial charge in [-0.3, -0.25) is 9.59 Å². The van der Waals surface area contributed by atoms with Crippen LogP contribution in [0.5, 0.6) is 0 Å². The molecule has 0 aliphatic carbocycles. The molecule has 0 aromatic rings. The number of aliphatic hydroxyl groups is 1. The average Bonchev–Trinajstić information content (AvgIpc) is 2.42. The van der Waals surface area contributed by atoms with E-state index in [0.29, 0.717) is 5.92 Å². The Morgan fingerprint density at radius 2 is 1.85 bits per heavy atom. The Labute approximate surface area is 121 Å². The van der Waals surface area contributed by atoms with E-state index >= 15 is 0 Å². The van der Waals surface area contributed by atoms with E-state index in [1.165, 1.54) is 0 Å². The van der Waals surface area contributed by atoms with Gasteiger partial charge in [-0.05, 0) is 18.8 Å². The first-order chi connectivity index (χ1) is 9.29. The van der Waals surface area contributed by atoms with E-state index < -0.39 is 11.5 Å². The predicted octanol–water partition coefficient (Wildman–Crippen LogP) is 1.16. The Hall–Kier alpha value is -1.10. The van der Waals surface area contributed by atoms with E-state index in [0.717, 1.165) is 32.4 Å². The molecule has 2 N–H and O–H groups in total. The Bertz CT molecular complexity index is 342. The fraction of sp³-hybridized carbons (Fsp3) is 0.867. The Kier molecular flexibility index (Phi) is 5.99. The van der Waals surface area contributed by atoms with E-state index in [1.54, 1.807) is 25.7 Å². The number of nitrogens with one attached hydrogen (secondary N) is 1. The van der Waals surface area contributed by atoms with Crippen molar-refractivity contribution in [1.82, 2.24) is 10.2 Å². The van der Waals surface area contributed by atoms with Crippen LogP contribution < -0.4 is 5.32 Å². The second kappa shape index (κ2) is 7.07. The van der Waals surface area contributed by atoms with Crippen LogP contribution >= 0.6 is 0 Å². The lowest BCUT2D eigenvalue weighted by Crippen LogP contribution is -2.54. The first-order valence-electron chi connectivity index (χ1n) is 7.50. The summed E-state index contributed by atoms with van der Waals surface area (Å²) in [6.07, 6.45) is 3.16. The fourth-order valence-corrected chi connectivity index (χ4v) is 2.34. The van der Waals surface area contributed by atoms with Gasteiger partial charge in [0.2, 0.25) is 11.8 Å². The molecule has 0 aromatic carbocycles. The highest BCUT2D eigenvalue weighted by Gasteiger charge is 2.31. The number of nitrogens with zero attached hydrogens (tertiary/aromatic N) is 1. The molecule has 20 heavy (non-hydrogen) atoms. The number of hydrogen-bond donors (Lipinski definition) is 2. The first-order valence-corrected chi connectivity index (χ1v) is 7.50. The summed E-state index contributed by atoms with van der Waals surface area (Å²) in [6.45, 7) is 8.62. The van der Waals surface area contributed by atoms with Gasteiger partial charge >= 0.3 is 0 Å². The molecular weight excluding hydrogens is 256 g/mol. The van der Waals surface area contributed by atoms with Gasteiger partial charge < -0.3 is 15.3 Å². The highest BCUT2D eigenvalue weighted by Crippen LogP contribution is 2.20. The summed E-state index contributed by atoms with van der Waals surface area (Å²) in [7, 11) is 0. The smallest absolute Gasteiger partial charge is 0.247 e. The summed E-state index contributed by atoms with van der Waals surface area (Å²) in [6, 6.07) is -0.820. The van der Waals surface area contributed by atoms with Crippen molar-refractivity contribution in [1.29, 1.82) is 0 Å². The molecule has 1 saturated heterocycles. The van der Waals surface area contributed by atoms with Crippen LogP contribution in [0.4, 0.5) is 0 Å². The topological polar surface area (TPSA) is 69.6 Å². The Morgan fingerprint density at radius 1 is 1.30 bits per heavy atom. The monoisotopic (exact) mass is 284 g/mol. The molecule has 0 aromatic heterocycles. The fourth-order valence-electron chi connectivity index (χ4n) is 2.34. The van der Waals surface area contributed by atoms with Gasteiger partial charge in [0, 0.05) is 18.5 Å². The molecule has 1 aliphatic rings. The quantitative estimate of drug-likeness (QED) is 0.814. The summed E-state index contributed by atoms with van der Waals surface area (Å²) in [4.78, 5) is 26.0. The second-order valence-corrected chi connectivity index (χ2v) is 6.64. The van der Waals surface area contributed by atoms with Crippen molar-refractivity contribution in [3.8, 4) is 0 Å².